The van der Waals surface area contributed by atoms with Gasteiger partial charge in [-0.05, 0) is 20.8 Å². The molecule has 0 saturated carbocycles. The van der Waals surface area contributed by atoms with Gasteiger partial charge in [-0.1, -0.05) is 13.2 Å². The molecule has 0 aliphatic rings. The van der Waals surface area contributed by atoms with E-state index in [9.17, 15) is 22.8 Å². The zero-order chi connectivity index (χ0) is 19.8. The molecule has 0 aliphatic heterocycles. The molecule has 0 rings (SSSR count). The predicted molar refractivity (Wildman–Crippen MR) is 95.0 cm³/mol. The van der Waals surface area contributed by atoms with Gasteiger partial charge in [-0.2, -0.15) is 8.42 Å². The maximum absolute atomic E-state index is 12.2. The normalized spacial score (nSPS) is 10.9. The molecule has 146 valence electrons. The summed E-state index contributed by atoms with van der Waals surface area (Å²) >= 11 is 0. The van der Waals surface area contributed by atoms with Crippen molar-refractivity contribution in [2.24, 2.45) is 5.41 Å². The predicted octanol–water partition coefficient (Wildman–Crippen LogP) is 0.507. The summed E-state index contributed by atoms with van der Waals surface area (Å²) in [5, 5.41) is 0. The van der Waals surface area contributed by atoms with Crippen molar-refractivity contribution < 1.29 is 44.4 Å². The second kappa shape index (κ2) is 11.3. The maximum atomic E-state index is 12.2. The van der Waals surface area contributed by atoms with Crippen LogP contribution < -0.4 is 0 Å². The second-order valence-electron chi connectivity index (χ2n) is 5.70. The van der Waals surface area contributed by atoms with E-state index in [-0.39, 0.29) is 37.1 Å². The maximum Gasteiger partial charge on any atom is 2.00 e. The summed E-state index contributed by atoms with van der Waals surface area (Å²) in [7, 11) is -4.31. The van der Waals surface area contributed by atoms with Gasteiger partial charge in [0, 0.05) is 11.1 Å². The number of ether oxygens (including phenoxy) is 3. The third-order valence-corrected chi connectivity index (χ3v) is 3.49. The van der Waals surface area contributed by atoms with E-state index in [2.05, 4.69) is 13.2 Å². The Balaban J connectivity index is -0.000000960. The van der Waals surface area contributed by atoms with E-state index in [0.29, 0.717) is 0 Å². The molecular formula is C15H24MgO9S. The Hall–Kier alpha value is -1.43. The van der Waals surface area contributed by atoms with E-state index in [1.807, 2.05) is 0 Å². The van der Waals surface area contributed by atoms with E-state index in [1.54, 1.807) is 0 Å². The monoisotopic (exact) mass is 404 g/mol. The van der Waals surface area contributed by atoms with Gasteiger partial charge < -0.3 is 17.1 Å². The standard InChI is InChI=1S/C15H22O9S.Mg.2H/c1-10(2)12(16)23-8-15(5,9-24-13(17)11(3)4)14(18)22-6-7-25(19,20)21;;;/h1,3,6-9H2,2,4-5H3,(H,19,20,21);;;/q;+2;2*-1. The van der Waals surface area contributed by atoms with E-state index in [4.69, 9.17) is 18.8 Å². The van der Waals surface area contributed by atoms with Gasteiger partial charge in [-0.15, -0.1) is 0 Å². The quantitative estimate of drug-likeness (QED) is 0.182. The summed E-state index contributed by atoms with van der Waals surface area (Å²) in [5.41, 5.74) is -1.39. The molecule has 0 amide bonds. The van der Waals surface area contributed by atoms with Gasteiger partial charge in [0.15, 0.2) is 0 Å². The fourth-order valence-corrected chi connectivity index (χ4v) is 1.56. The molecule has 0 heterocycles. The van der Waals surface area contributed by atoms with Crippen molar-refractivity contribution >= 4 is 51.1 Å². The van der Waals surface area contributed by atoms with E-state index >= 15 is 0 Å². The molecule has 0 spiro atoms. The van der Waals surface area contributed by atoms with E-state index in [1.165, 1.54) is 20.8 Å². The molecule has 1 N–H and O–H groups in total. The van der Waals surface area contributed by atoms with Crippen molar-refractivity contribution in [2.75, 3.05) is 25.6 Å². The molecule has 0 aromatic rings. The van der Waals surface area contributed by atoms with Gasteiger partial charge in [0.25, 0.3) is 10.1 Å². The molecule has 0 aromatic carbocycles. The van der Waals surface area contributed by atoms with Crippen molar-refractivity contribution in [3.63, 3.8) is 0 Å². The summed E-state index contributed by atoms with van der Waals surface area (Å²) in [6.45, 7) is 9.31. The third kappa shape index (κ3) is 10.5. The molecule has 0 aliphatic carbocycles. The van der Waals surface area contributed by atoms with Crippen molar-refractivity contribution in [2.45, 2.75) is 20.8 Å². The van der Waals surface area contributed by atoms with Gasteiger partial charge in [-0.3, -0.25) is 9.35 Å². The molecule has 9 nitrogen and oxygen atoms in total. The Morgan fingerprint density at radius 2 is 1.38 bits per heavy atom. The zero-order valence-electron chi connectivity index (χ0n) is 17.1. The van der Waals surface area contributed by atoms with Crippen LogP contribution in [-0.4, -0.2) is 79.5 Å². The SMILES string of the molecule is C=C(C)C(=O)OCC(C)(COC(=O)C(=C)C)C(=O)OCCS(=O)(=O)O.[H-].[H-].[Mg+2]. The summed E-state index contributed by atoms with van der Waals surface area (Å²) in [6.07, 6.45) is 0. The fourth-order valence-electron chi connectivity index (χ4n) is 1.27. The largest absolute Gasteiger partial charge is 2.00 e. The van der Waals surface area contributed by atoms with Crippen LogP contribution in [0.3, 0.4) is 0 Å². The van der Waals surface area contributed by atoms with Crippen molar-refractivity contribution in [1.29, 1.82) is 0 Å². The van der Waals surface area contributed by atoms with Crippen LogP contribution in [0.4, 0.5) is 0 Å². The minimum Gasteiger partial charge on any atom is -1.00 e. The molecule has 0 radical (unpaired) electrons. The fraction of sp³-hybridized carbons (Fsp3) is 0.533. The van der Waals surface area contributed by atoms with Crippen LogP contribution in [0.15, 0.2) is 24.3 Å². The Kier molecular flexibility index (Phi) is 11.7. The zero-order valence-corrected chi connectivity index (χ0v) is 17.3. The topological polar surface area (TPSA) is 133 Å². The number of carbonyl (C=O) groups is 3. The Bertz CT molecular complexity index is 647. The Morgan fingerprint density at radius 3 is 1.69 bits per heavy atom. The average Bonchev–Trinajstić information content (AvgIpc) is 2.48. The first-order valence-electron chi connectivity index (χ1n) is 7.06. The summed E-state index contributed by atoms with van der Waals surface area (Å²) in [4.78, 5) is 35.2. The van der Waals surface area contributed by atoms with E-state index in [0.717, 1.165) is 0 Å². The van der Waals surface area contributed by atoms with Crippen molar-refractivity contribution in [3.8, 4) is 0 Å². The molecule has 0 unspecified atom stereocenters. The first-order chi connectivity index (χ1) is 11.3. The molecular weight excluding hydrogens is 381 g/mol. The Labute approximate surface area is 171 Å². The molecule has 26 heavy (non-hydrogen) atoms. The number of carbonyl (C=O) groups excluding carboxylic acids is 3. The summed E-state index contributed by atoms with van der Waals surface area (Å²) in [5.74, 6) is -3.29. The first kappa shape index (κ1) is 26.8. The minimum absolute atomic E-state index is 0. The molecule has 0 fully saturated rings. The molecule has 11 heteroatoms. The summed E-state index contributed by atoms with van der Waals surface area (Å²) in [6, 6.07) is 0. The molecule has 0 saturated heterocycles. The third-order valence-electron chi connectivity index (χ3n) is 2.81. The van der Waals surface area contributed by atoms with Crippen LogP contribution in [0.1, 0.15) is 23.6 Å². The van der Waals surface area contributed by atoms with Crippen LogP contribution in [0, 0.1) is 5.41 Å². The van der Waals surface area contributed by atoms with Crippen LogP contribution in [0.5, 0.6) is 0 Å². The number of hydrogen-bond acceptors (Lipinski definition) is 8. The van der Waals surface area contributed by atoms with Crippen LogP contribution in [0.25, 0.3) is 0 Å². The molecule has 0 aromatic heterocycles. The first-order valence-corrected chi connectivity index (χ1v) is 8.67. The van der Waals surface area contributed by atoms with Crippen molar-refractivity contribution in [3.05, 3.63) is 24.3 Å². The molecule has 0 atom stereocenters. The van der Waals surface area contributed by atoms with Crippen LogP contribution >= 0.6 is 0 Å². The van der Waals surface area contributed by atoms with Crippen LogP contribution in [-0.2, 0) is 38.7 Å². The summed E-state index contributed by atoms with van der Waals surface area (Å²) < 4.78 is 44.5. The number of hydrogen-bond donors (Lipinski definition) is 1. The average molecular weight is 405 g/mol. The van der Waals surface area contributed by atoms with Gasteiger partial charge in [0.05, 0.1) is 0 Å². The number of rotatable bonds is 10. The minimum atomic E-state index is -4.31. The number of esters is 3. The van der Waals surface area contributed by atoms with E-state index < -0.39 is 59.0 Å². The van der Waals surface area contributed by atoms with Gasteiger partial charge in [-0.25, -0.2) is 9.59 Å². The van der Waals surface area contributed by atoms with Crippen molar-refractivity contribution in [1.82, 2.24) is 0 Å². The van der Waals surface area contributed by atoms with Crippen LogP contribution in [0.2, 0.25) is 0 Å². The Morgan fingerprint density at radius 1 is 1.00 bits per heavy atom. The van der Waals surface area contributed by atoms with Gasteiger partial charge >= 0.3 is 41.0 Å². The van der Waals surface area contributed by atoms with Gasteiger partial charge in [0.1, 0.15) is 31.0 Å². The second-order valence-corrected chi connectivity index (χ2v) is 7.27. The van der Waals surface area contributed by atoms with Gasteiger partial charge in [0.2, 0.25) is 0 Å². The molecule has 0 bridgehead atoms. The smallest absolute Gasteiger partial charge is 1.00 e.